The molecular formula is C18H24N4O2. The van der Waals surface area contributed by atoms with Crippen molar-refractivity contribution < 1.29 is 9.53 Å². The molecule has 1 saturated heterocycles. The first-order chi connectivity index (χ1) is 11.5. The van der Waals surface area contributed by atoms with E-state index in [0.29, 0.717) is 19.7 Å². The van der Waals surface area contributed by atoms with Crippen molar-refractivity contribution in [2.45, 2.75) is 32.8 Å². The van der Waals surface area contributed by atoms with E-state index in [0.717, 1.165) is 23.5 Å². The zero-order valence-corrected chi connectivity index (χ0v) is 14.5. The van der Waals surface area contributed by atoms with E-state index in [1.165, 1.54) is 0 Å². The van der Waals surface area contributed by atoms with Gasteiger partial charge < -0.3 is 15.0 Å². The topological polar surface area (TPSA) is 59.4 Å². The van der Waals surface area contributed by atoms with Crippen LogP contribution < -0.4 is 5.32 Å². The number of nitrogens with one attached hydrogen (secondary N) is 1. The molecule has 1 aromatic carbocycles. The molecule has 0 bridgehead atoms. The first-order valence-electron chi connectivity index (χ1n) is 8.32. The van der Waals surface area contributed by atoms with E-state index in [4.69, 9.17) is 4.74 Å². The smallest absolute Gasteiger partial charge is 0.322 e. The maximum atomic E-state index is 12.6. The summed E-state index contributed by atoms with van der Waals surface area (Å²) >= 11 is 0. The zero-order chi connectivity index (χ0) is 17.2. The van der Waals surface area contributed by atoms with Gasteiger partial charge in [0, 0.05) is 6.54 Å². The number of amides is 2. The normalized spacial score (nSPS) is 20.9. The Balaban J connectivity index is 1.72. The van der Waals surface area contributed by atoms with Crippen molar-refractivity contribution in [3.8, 4) is 5.69 Å². The van der Waals surface area contributed by atoms with E-state index in [1.807, 2.05) is 55.3 Å². The van der Waals surface area contributed by atoms with Gasteiger partial charge in [0.05, 0.1) is 42.0 Å². The second kappa shape index (κ2) is 6.65. The van der Waals surface area contributed by atoms with Crippen LogP contribution in [0, 0.1) is 6.92 Å². The molecular weight excluding hydrogens is 304 g/mol. The van der Waals surface area contributed by atoms with Gasteiger partial charge in [-0.1, -0.05) is 25.1 Å². The minimum Gasteiger partial charge on any atom is -0.372 e. The number of anilines is 1. The number of carbonyl (C=O) groups is 1. The molecule has 0 unspecified atom stereocenters. The van der Waals surface area contributed by atoms with Crippen LogP contribution >= 0.6 is 0 Å². The third-order valence-electron chi connectivity index (χ3n) is 4.53. The van der Waals surface area contributed by atoms with Crippen LogP contribution in [0.1, 0.15) is 26.0 Å². The van der Waals surface area contributed by atoms with Gasteiger partial charge in [-0.15, -0.1) is 0 Å². The Kier molecular flexibility index (Phi) is 4.57. The van der Waals surface area contributed by atoms with Gasteiger partial charge >= 0.3 is 6.03 Å². The van der Waals surface area contributed by atoms with Gasteiger partial charge in [-0.25, -0.2) is 9.48 Å². The predicted octanol–water partition coefficient (Wildman–Crippen LogP) is 3.21. The standard InChI is InChI=1S/C18H24N4O2/c1-4-18(3)13-21(10-11-24-18)17(23)19-16-12-22(20-14(16)2)15-8-6-5-7-9-15/h5-9,12H,4,10-11,13H2,1-3H3,(H,19,23)/t18-/m1/s1. The number of hydrogen-bond donors (Lipinski definition) is 1. The summed E-state index contributed by atoms with van der Waals surface area (Å²) in [4.78, 5) is 14.4. The molecule has 0 saturated carbocycles. The summed E-state index contributed by atoms with van der Waals surface area (Å²) in [5, 5.41) is 7.46. The van der Waals surface area contributed by atoms with Crippen molar-refractivity contribution in [1.82, 2.24) is 14.7 Å². The van der Waals surface area contributed by atoms with Crippen molar-refractivity contribution >= 4 is 11.7 Å². The minimum atomic E-state index is -0.265. The number of ether oxygens (including phenoxy) is 1. The average molecular weight is 328 g/mol. The number of benzene rings is 1. The molecule has 3 rings (SSSR count). The van der Waals surface area contributed by atoms with Crippen LogP contribution in [0.2, 0.25) is 0 Å². The number of para-hydroxylation sites is 1. The summed E-state index contributed by atoms with van der Waals surface area (Å²) < 4.78 is 7.57. The SMILES string of the molecule is CC[C@]1(C)CN(C(=O)Nc2cn(-c3ccccc3)nc2C)CCO1. The minimum absolute atomic E-state index is 0.103. The van der Waals surface area contributed by atoms with Crippen molar-refractivity contribution in [1.29, 1.82) is 0 Å². The van der Waals surface area contributed by atoms with E-state index in [-0.39, 0.29) is 11.6 Å². The molecule has 1 aliphatic heterocycles. The number of rotatable bonds is 3. The molecule has 1 aromatic heterocycles. The summed E-state index contributed by atoms with van der Waals surface area (Å²) in [5.74, 6) is 0. The van der Waals surface area contributed by atoms with Crippen molar-refractivity contribution in [2.24, 2.45) is 0 Å². The Morgan fingerprint density at radius 2 is 2.12 bits per heavy atom. The lowest BCUT2D eigenvalue weighted by Crippen LogP contribution is -2.53. The summed E-state index contributed by atoms with van der Waals surface area (Å²) in [6.07, 6.45) is 2.73. The highest BCUT2D eigenvalue weighted by atomic mass is 16.5. The van der Waals surface area contributed by atoms with Crippen LogP contribution in [0.15, 0.2) is 36.5 Å². The summed E-state index contributed by atoms with van der Waals surface area (Å²) in [5.41, 5.74) is 2.22. The number of aromatic nitrogens is 2. The van der Waals surface area contributed by atoms with Gasteiger partial charge in [0.15, 0.2) is 0 Å². The molecule has 0 radical (unpaired) electrons. The number of nitrogens with zero attached hydrogens (tertiary/aromatic N) is 3. The van der Waals surface area contributed by atoms with Crippen LogP contribution in [0.5, 0.6) is 0 Å². The lowest BCUT2D eigenvalue weighted by Gasteiger charge is -2.39. The highest BCUT2D eigenvalue weighted by molar-refractivity contribution is 5.90. The Bertz CT molecular complexity index is 713. The molecule has 1 N–H and O–H groups in total. The van der Waals surface area contributed by atoms with E-state index >= 15 is 0 Å². The lowest BCUT2D eigenvalue weighted by molar-refractivity contribution is -0.0860. The van der Waals surface area contributed by atoms with Crippen LogP contribution in [-0.2, 0) is 4.74 Å². The third kappa shape index (κ3) is 3.43. The van der Waals surface area contributed by atoms with Gasteiger partial charge in [0.25, 0.3) is 0 Å². The van der Waals surface area contributed by atoms with Crippen molar-refractivity contribution in [2.75, 3.05) is 25.0 Å². The summed E-state index contributed by atoms with van der Waals surface area (Å²) in [6, 6.07) is 9.74. The molecule has 24 heavy (non-hydrogen) atoms. The number of hydrogen-bond acceptors (Lipinski definition) is 3. The number of aryl methyl sites for hydroxylation is 1. The number of morpholine rings is 1. The van der Waals surface area contributed by atoms with E-state index in [9.17, 15) is 4.79 Å². The highest BCUT2D eigenvalue weighted by Crippen LogP contribution is 2.22. The molecule has 2 heterocycles. The highest BCUT2D eigenvalue weighted by Gasteiger charge is 2.32. The third-order valence-corrected chi connectivity index (χ3v) is 4.53. The maximum Gasteiger partial charge on any atom is 0.322 e. The molecule has 128 valence electrons. The van der Waals surface area contributed by atoms with Crippen LogP contribution in [0.25, 0.3) is 5.69 Å². The molecule has 0 aliphatic carbocycles. The van der Waals surface area contributed by atoms with Gasteiger partial charge in [-0.3, -0.25) is 0 Å². The Morgan fingerprint density at radius 3 is 2.83 bits per heavy atom. The lowest BCUT2D eigenvalue weighted by atomic mass is 10.0. The summed E-state index contributed by atoms with van der Waals surface area (Å²) in [6.45, 7) is 7.79. The van der Waals surface area contributed by atoms with E-state index < -0.39 is 0 Å². The second-order valence-corrected chi connectivity index (χ2v) is 6.41. The monoisotopic (exact) mass is 328 g/mol. The first-order valence-corrected chi connectivity index (χ1v) is 8.32. The zero-order valence-electron chi connectivity index (χ0n) is 14.5. The molecule has 1 atom stereocenters. The quantitative estimate of drug-likeness (QED) is 0.941. The van der Waals surface area contributed by atoms with E-state index in [2.05, 4.69) is 17.3 Å². The fourth-order valence-electron chi connectivity index (χ4n) is 2.81. The second-order valence-electron chi connectivity index (χ2n) is 6.41. The van der Waals surface area contributed by atoms with Gasteiger partial charge in [-0.05, 0) is 32.4 Å². The molecule has 0 spiro atoms. The fraction of sp³-hybridized carbons (Fsp3) is 0.444. The first kappa shape index (κ1) is 16.5. The van der Waals surface area contributed by atoms with E-state index in [1.54, 1.807) is 4.68 Å². The molecule has 1 fully saturated rings. The Labute approximate surface area is 142 Å². The fourth-order valence-corrected chi connectivity index (χ4v) is 2.81. The molecule has 1 aliphatic rings. The van der Waals surface area contributed by atoms with Crippen molar-refractivity contribution in [3.05, 3.63) is 42.2 Å². The molecule has 2 amide bonds. The maximum absolute atomic E-state index is 12.6. The predicted molar refractivity (Wildman–Crippen MR) is 93.5 cm³/mol. The van der Waals surface area contributed by atoms with Crippen molar-refractivity contribution in [3.63, 3.8) is 0 Å². The largest absolute Gasteiger partial charge is 0.372 e. The Morgan fingerprint density at radius 1 is 1.38 bits per heavy atom. The number of urea groups is 1. The summed E-state index contributed by atoms with van der Waals surface area (Å²) in [7, 11) is 0. The van der Waals surface area contributed by atoms with Crippen LogP contribution in [-0.4, -0.2) is 46.0 Å². The van der Waals surface area contributed by atoms with Crippen LogP contribution in [0.3, 0.4) is 0 Å². The molecule has 6 heteroatoms. The average Bonchev–Trinajstić information content (AvgIpc) is 2.96. The van der Waals surface area contributed by atoms with Gasteiger partial charge in [0.2, 0.25) is 0 Å². The number of carbonyl (C=O) groups excluding carboxylic acids is 1. The Hall–Kier alpha value is -2.34. The van der Waals surface area contributed by atoms with Gasteiger partial charge in [-0.2, -0.15) is 5.10 Å². The molecule has 6 nitrogen and oxygen atoms in total. The van der Waals surface area contributed by atoms with Crippen LogP contribution in [0.4, 0.5) is 10.5 Å². The van der Waals surface area contributed by atoms with Gasteiger partial charge in [0.1, 0.15) is 0 Å². The molecule has 2 aromatic rings.